The normalized spacial score (nSPS) is 10.6. The highest BCUT2D eigenvalue weighted by molar-refractivity contribution is 6.01. The van der Waals surface area contributed by atoms with E-state index in [9.17, 15) is 4.79 Å². The van der Waals surface area contributed by atoms with E-state index in [0.717, 1.165) is 28.7 Å². The molecule has 0 saturated carbocycles. The molecule has 1 heterocycles. The number of nitrogen functional groups attached to an aromatic ring is 1. The van der Waals surface area contributed by atoms with Gasteiger partial charge in [0.15, 0.2) is 0 Å². The second kappa shape index (κ2) is 5.77. The summed E-state index contributed by atoms with van der Waals surface area (Å²) in [6.07, 6.45) is 1.79. The smallest absolute Gasteiger partial charge is 0.239 e. The number of aryl methyl sites for hydroxylation is 1. The summed E-state index contributed by atoms with van der Waals surface area (Å²) in [4.78, 5) is 18.0. The van der Waals surface area contributed by atoms with Crippen LogP contribution in [0.5, 0.6) is 0 Å². The van der Waals surface area contributed by atoms with Gasteiger partial charge >= 0.3 is 0 Å². The van der Waals surface area contributed by atoms with Crippen molar-refractivity contribution in [2.75, 3.05) is 30.8 Å². The molecular weight excluding hydrogens is 252 g/mol. The number of anilines is 2. The average Bonchev–Trinajstić information content (AvgIpc) is 2.45. The fourth-order valence-electron chi connectivity index (χ4n) is 2.25. The van der Waals surface area contributed by atoms with Crippen LogP contribution in [0.15, 0.2) is 24.4 Å². The van der Waals surface area contributed by atoms with Gasteiger partial charge in [0.2, 0.25) is 5.91 Å². The Morgan fingerprint density at radius 1 is 1.40 bits per heavy atom. The van der Waals surface area contributed by atoms with Crippen molar-refractivity contribution in [1.82, 2.24) is 10.3 Å². The van der Waals surface area contributed by atoms with Gasteiger partial charge in [0, 0.05) is 47.6 Å². The number of carbonyl (C=O) groups is 1. The number of nitrogens with one attached hydrogen (secondary N) is 1. The molecule has 1 aromatic heterocycles. The Kier molecular flexibility index (Phi) is 4.08. The Morgan fingerprint density at radius 3 is 2.80 bits per heavy atom. The molecule has 0 aliphatic heterocycles. The van der Waals surface area contributed by atoms with E-state index in [2.05, 4.69) is 10.3 Å². The van der Waals surface area contributed by atoms with Crippen LogP contribution in [0.3, 0.4) is 0 Å². The number of fused-ring (bicyclic) bond motifs is 1. The van der Waals surface area contributed by atoms with Crippen LogP contribution < -0.4 is 16.0 Å². The molecule has 106 valence electrons. The third kappa shape index (κ3) is 2.66. The lowest BCUT2D eigenvalue weighted by Crippen LogP contribution is -2.35. The number of hydrogen-bond donors (Lipinski definition) is 2. The molecule has 5 nitrogen and oxygen atoms in total. The number of aromatic nitrogens is 1. The molecule has 0 saturated heterocycles. The van der Waals surface area contributed by atoms with E-state index < -0.39 is 0 Å². The van der Waals surface area contributed by atoms with E-state index in [1.54, 1.807) is 13.2 Å². The van der Waals surface area contributed by atoms with Crippen LogP contribution in [0.25, 0.3) is 10.8 Å². The van der Waals surface area contributed by atoms with Crippen molar-refractivity contribution in [1.29, 1.82) is 0 Å². The van der Waals surface area contributed by atoms with Crippen LogP contribution in [-0.2, 0) is 4.79 Å². The maximum absolute atomic E-state index is 11.6. The van der Waals surface area contributed by atoms with Crippen LogP contribution in [0.4, 0.5) is 11.4 Å². The Hall–Kier alpha value is -2.30. The van der Waals surface area contributed by atoms with Crippen LogP contribution >= 0.6 is 0 Å². The largest absolute Gasteiger partial charge is 0.398 e. The molecule has 0 unspecified atom stereocenters. The van der Waals surface area contributed by atoms with Crippen LogP contribution in [0.2, 0.25) is 0 Å². The zero-order chi connectivity index (χ0) is 14.7. The number of amides is 1. The molecule has 1 aromatic carbocycles. The van der Waals surface area contributed by atoms with Gasteiger partial charge < -0.3 is 16.0 Å². The molecule has 5 heteroatoms. The molecular formula is C15H20N4O. The fourth-order valence-corrected chi connectivity index (χ4v) is 2.25. The Labute approximate surface area is 118 Å². The summed E-state index contributed by atoms with van der Waals surface area (Å²) < 4.78 is 0. The summed E-state index contributed by atoms with van der Waals surface area (Å²) in [5.74, 6) is -0.0115. The maximum Gasteiger partial charge on any atom is 0.239 e. The summed E-state index contributed by atoms with van der Waals surface area (Å²) in [5, 5.41) is 4.60. The van der Waals surface area contributed by atoms with Gasteiger partial charge in [-0.3, -0.25) is 9.78 Å². The lowest BCUT2D eigenvalue weighted by atomic mass is 10.1. The van der Waals surface area contributed by atoms with E-state index in [1.807, 2.05) is 36.9 Å². The molecule has 0 spiro atoms. The number of pyridine rings is 1. The molecule has 0 aliphatic rings. The van der Waals surface area contributed by atoms with Crippen molar-refractivity contribution in [3.63, 3.8) is 0 Å². The quantitative estimate of drug-likeness (QED) is 0.831. The first-order valence-corrected chi connectivity index (χ1v) is 6.67. The fraction of sp³-hybridized carbons (Fsp3) is 0.333. The van der Waals surface area contributed by atoms with Crippen LogP contribution in [-0.4, -0.2) is 31.0 Å². The first-order valence-electron chi connectivity index (χ1n) is 6.67. The third-order valence-electron chi connectivity index (χ3n) is 3.38. The average molecular weight is 272 g/mol. The minimum Gasteiger partial charge on any atom is -0.398 e. The molecule has 0 atom stereocenters. The molecule has 0 aliphatic carbocycles. The number of benzene rings is 1. The molecule has 20 heavy (non-hydrogen) atoms. The van der Waals surface area contributed by atoms with Crippen molar-refractivity contribution < 1.29 is 4.79 Å². The molecule has 1 amide bonds. The number of likely N-dealkylation sites (N-methyl/N-ethyl adjacent to an activating group) is 2. The van der Waals surface area contributed by atoms with E-state index in [1.165, 1.54) is 0 Å². The predicted octanol–water partition coefficient (Wildman–Crippen LogP) is 1.70. The Bertz CT molecular complexity index is 639. The highest BCUT2D eigenvalue weighted by Crippen LogP contribution is 2.30. The van der Waals surface area contributed by atoms with Crippen molar-refractivity contribution in [2.45, 2.75) is 13.8 Å². The summed E-state index contributed by atoms with van der Waals surface area (Å²) in [6, 6.07) is 5.83. The first kappa shape index (κ1) is 14.1. The van der Waals surface area contributed by atoms with Gasteiger partial charge in [-0.2, -0.15) is 0 Å². The monoisotopic (exact) mass is 272 g/mol. The number of nitrogens with zero attached hydrogens (tertiary/aromatic N) is 2. The number of rotatable bonds is 4. The van der Waals surface area contributed by atoms with Gasteiger partial charge in [0.25, 0.3) is 0 Å². The highest BCUT2D eigenvalue weighted by Gasteiger charge is 2.13. The molecule has 3 N–H and O–H groups in total. The minimum absolute atomic E-state index is 0.0115. The van der Waals surface area contributed by atoms with E-state index in [0.29, 0.717) is 12.2 Å². The van der Waals surface area contributed by atoms with Crippen molar-refractivity contribution >= 4 is 28.1 Å². The van der Waals surface area contributed by atoms with E-state index >= 15 is 0 Å². The number of carbonyl (C=O) groups excluding carboxylic acids is 1. The van der Waals surface area contributed by atoms with Crippen molar-refractivity contribution in [3.8, 4) is 0 Å². The standard InChI is InChI=1S/C15H20N4O/c1-4-19(9-15(20)17-3)14-6-5-13(16)12-8-18-10(2)7-11(12)14/h5-8H,4,9,16H2,1-3H3,(H,17,20). The van der Waals surface area contributed by atoms with Crippen molar-refractivity contribution in [3.05, 3.63) is 30.1 Å². The summed E-state index contributed by atoms with van der Waals surface area (Å²) in [5.41, 5.74) is 8.64. The summed E-state index contributed by atoms with van der Waals surface area (Å²) >= 11 is 0. The van der Waals surface area contributed by atoms with Gasteiger partial charge in [-0.15, -0.1) is 0 Å². The van der Waals surface area contributed by atoms with Gasteiger partial charge in [0.05, 0.1) is 6.54 Å². The topological polar surface area (TPSA) is 71.2 Å². The second-order valence-electron chi connectivity index (χ2n) is 4.73. The first-order chi connectivity index (χ1) is 9.56. The molecule has 2 rings (SSSR count). The zero-order valence-corrected chi connectivity index (χ0v) is 12.1. The summed E-state index contributed by atoms with van der Waals surface area (Å²) in [7, 11) is 1.64. The molecule has 0 bridgehead atoms. The van der Waals surface area contributed by atoms with Crippen LogP contribution in [0.1, 0.15) is 12.6 Å². The van der Waals surface area contributed by atoms with E-state index in [-0.39, 0.29) is 5.91 Å². The lowest BCUT2D eigenvalue weighted by molar-refractivity contribution is -0.119. The molecule has 0 fully saturated rings. The number of hydrogen-bond acceptors (Lipinski definition) is 4. The summed E-state index contributed by atoms with van der Waals surface area (Å²) in [6.45, 7) is 5.04. The van der Waals surface area contributed by atoms with Gasteiger partial charge in [0.1, 0.15) is 0 Å². The third-order valence-corrected chi connectivity index (χ3v) is 3.38. The Morgan fingerprint density at radius 2 is 2.15 bits per heavy atom. The van der Waals surface area contributed by atoms with E-state index in [4.69, 9.17) is 5.73 Å². The van der Waals surface area contributed by atoms with Gasteiger partial charge in [-0.05, 0) is 32.0 Å². The second-order valence-corrected chi connectivity index (χ2v) is 4.73. The Balaban J connectivity index is 2.54. The lowest BCUT2D eigenvalue weighted by Gasteiger charge is -2.24. The van der Waals surface area contributed by atoms with Crippen molar-refractivity contribution in [2.24, 2.45) is 0 Å². The van der Waals surface area contributed by atoms with Crippen LogP contribution in [0, 0.1) is 6.92 Å². The number of nitrogens with two attached hydrogens (primary N) is 1. The van der Waals surface area contributed by atoms with Gasteiger partial charge in [-0.25, -0.2) is 0 Å². The van der Waals surface area contributed by atoms with Gasteiger partial charge in [-0.1, -0.05) is 0 Å². The highest BCUT2D eigenvalue weighted by atomic mass is 16.1. The maximum atomic E-state index is 11.6. The zero-order valence-electron chi connectivity index (χ0n) is 12.1. The molecule has 2 aromatic rings. The SMILES string of the molecule is CCN(CC(=O)NC)c1ccc(N)c2cnc(C)cc12. The minimum atomic E-state index is -0.0115. The molecule has 0 radical (unpaired) electrons. The predicted molar refractivity (Wildman–Crippen MR) is 82.8 cm³/mol.